The Morgan fingerprint density at radius 3 is 2.56 bits per heavy atom. The maximum absolute atomic E-state index is 14.7. The van der Waals surface area contributed by atoms with Gasteiger partial charge in [-0.3, -0.25) is 14.8 Å². The molecule has 0 spiro atoms. The number of hydrogen-bond acceptors (Lipinski definition) is 7. The van der Waals surface area contributed by atoms with E-state index < -0.39 is 21.1 Å². The van der Waals surface area contributed by atoms with Gasteiger partial charge in [0.1, 0.15) is 23.2 Å². The molecule has 1 aliphatic carbocycles. The largest absolute Gasteiger partial charge is 0.298 e. The van der Waals surface area contributed by atoms with Gasteiger partial charge in [0, 0.05) is 30.6 Å². The lowest BCUT2D eigenvalue weighted by atomic mass is 9.81. The number of halogens is 1. The van der Waals surface area contributed by atoms with Crippen LogP contribution in [0.3, 0.4) is 0 Å². The van der Waals surface area contributed by atoms with Crippen LogP contribution in [0.15, 0.2) is 49.1 Å². The van der Waals surface area contributed by atoms with Crippen molar-refractivity contribution in [1.29, 1.82) is 0 Å². The Labute approximate surface area is 186 Å². The third-order valence-electron chi connectivity index (χ3n) is 5.67. The van der Waals surface area contributed by atoms with Crippen LogP contribution >= 0.6 is 0 Å². The molecule has 7 nitrogen and oxygen atoms in total. The first-order valence-electron chi connectivity index (χ1n) is 10.3. The van der Waals surface area contributed by atoms with Crippen molar-refractivity contribution in [2.24, 2.45) is 0 Å². The molecule has 4 rings (SSSR count). The molecule has 0 bridgehead atoms. The van der Waals surface area contributed by atoms with E-state index in [9.17, 15) is 17.6 Å². The third-order valence-corrected chi connectivity index (χ3v) is 7.82. The first-order valence-corrected chi connectivity index (χ1v) is 12.0. The molecule has 32 heavy (non-hydrogen) atoms. The number of nitrogens with zero attached hydrogens (tertiary/aromatic N) is 4. The number of sulfone groups is 1. The second kappa shape index (κ2) is 8.46. The highest BCUT2D eigenvalue weighted by molar-refractivity contribution is 7.91. The number of carbonyl (C=O) groups excluding carboxylic acids is 1. The minimum atomic E-state index is -3.27. The fourth-order valence-electron chi connectivity index (χ4n) is 3.38. The zero-order valence-electron chi connectivity index (χ0n) is 17.8. The van der Waals surface area contributed by atoms with Gasteiger partial charge in [0.05, 0.1) is 28.2 Å². The SMILES string of the molecule is CC(C)(C(=O)Cc1ccc(-c2cnccn2)cc1F)c1ccnc(CS(=O)(=O)C2CC2)n1. The van der Waals surface area contributed by atoms with Gasteiger partial charge in [0.15, 0.2) is 9.84 Å². The minimum absolute atomic E-state index is 0.126. The summed E-state index contributed by atoms with van der Waals surface area (Å²) >= 11 is 0. The molecule has 0 unspecified atom stereocenters. The normalized spacial score (nSPS) is 14.3. The zero-order chi connectivity index (χ0) is 22.9. The molecule has 2 heterocycles. The van der Waals surface area contributed by atoms with E-state index in [0.29, 0.717) is 29.8 Å². The molecule has 0 saturated heterocycles. The summed E-state index contributed by atoms with van der Waals surface area (Å²) in [4.78, 5) is 29.7. The van der Waals surface area contributed by atoms with Gasteiger partial charge in [0.2, 0.25) is 0 Å². The Balaban J connectivity index is 1.52. The van der Waals surface area contributed by atoms with Crippen molar-refractivity contribution in [2.45, 2.75) is 49.5 Å². The van der Waals surface area contributed by atoms with Crippen molar-refractivity contribution in [1.82, 2.24) is 19.9 Å². The molecule has 166 valence electrons. The quantitative estimate of drug-likeness (QED) is 0.515. The Kier molecular flexibility index (Phi) is 5.85. The summed E-state index contributed by atoms with van der Waals surface area (Å²) in [7, 11) is -3.27. The lowest BCUT2D eigenvalue weighted by Crippen LogP contribution is -2.32. The Hall–Kier alpha value is -3.07. The Morgan fingerprint density at radius 1 is 1.12 bits per heavy atom. The second-order valence-electron chi connectivity index (χ2n) is 8.49. The van der Waals surface area contributed by atoms with E-state index in [1.807, 2.05) is 0 Å². The summed E-state index contributed by atoms with van der Waals surface area (Å²) in [5, 5.41) is -0.308. The topological polar surface area (TPSA) is 103 Å². The smallest absolute Gasteiger partial charge is 0.160 e. The number of Topliss-reactive ketones (excluding diaryl/α,β-unsaturated/α-hetero) is 1. The predicted molar refractivity (Wildman–Crippen MR) is 117 cm³/mol. The summed E-state index contributed by atoms with van der Waals surface area (Å²) in [6.07, 6.45) is 7.29. The van der Waals surface area contributed by atoms with Crippen molar-refractivity contribution in [3.05, 3.63) is 72.0 Å². The summed E-state index contributed by atoms with van der Waals surface area (Å²) in [6, 6.07) is 6.21. The summed E-state index contributed by atoms with van der Waals surface area (Å²) in [5.41, 5.74) is 0.746. The van der Waals surface area contributed by atoms with Crippen molar-refractivity contribution in [3.8, 4) is 11.3 Å². The summed E-state index contributed by atoms with van der Waals surface area (Å²) in [6.45, 7) is 3.39. The van der Waals surface area contributed by atoms with Crippen LogP contribution in [0.4, 0.5) is 4.39 Å². The van der Waals surface area contributed by atoms with Crippen molar-refractivity contribution in [2.75, 3.05) is 0 Å². The molecule has 2 aromatic heterocycles. The highest BCUT2D eigenvalue weighted by Gasteiger charge is 2.37. The predicted octanol–water partition coefficient (Wildman–Crippen LogP) is 3.24. The molecule has 0 N–H and O–H groups in total. The Bertz CT molecular complexity index is 1260. The minimum Gasteiger partial charge on any atom is -0.298 e. The standard InChI is InChI=1S/C23H23FN4O3S/c1-23(2,20-7-8-27-22(28-20)14-32(30,31)17-5-6-17)21(29)12-15-3-4-16(11-18(15)24)19-13-25-9-10-26-19/h3-4,7-11,13,17H,5-6,12,14H2,1-2H3. The number of hydrogen-bond donors (Lipinski definition) is 0. The molecule has 1 fully saturated rings. The van der Waals surface area contributed by atoms with Crippen LogP contribution in [0.2, 0.25) is 0 Å². The van der Waals surface area contributed by atoms with Crippen molar-refractivity contribution in [3.63, 3.8) is 0 Å². The van der Waals surface area contributed by atoms with Gasteiger partial charge in [0.25, 0.3) is 0 Å². The fourth-order valence-corrected chi connectivity index (χ4v) is 4.97. The van der Waals surface area contributed by atoms with Gasteiger partial charge in [-0.1, -0.05) is 12.1 Å². The number of benzene rings is 1. The van der Waals surface area contributed by atoms with E-state index in [4.69, 9.17) is 0 Å². The molecular weight excluding hydrogens is 431 g/mol. The number of aromatic nitrogens is 4. The Morgan fingerprint density at radius 2 is 1.91 bits per heavy atom. The van der Waals surface area contributed by atoms with Crippen LogP contribution in [0.1, 0.15) is 43.8 Å². The third kappa shape index (κ3) is 4.72. The fraction of sp³-hybridized carbons (Fsp3) is 0.348. The van der Waals surface area contributed by atoms with Gasteiger partial charge in [-0.05, 0) is 44.4 Å². The second-order valence-corrected chi connectivity index (χ2v) is 10.8. The van der Waals surface area contributed by atoms with E-state index in [0.717, 1.165) is 0 Å². The maximum atomic E-state index is 14.7. The van der Waals surface area contributed by atoms with Crippen LogP contribution < -0.4 is 0 Å². The molecular formula is C23H23FN4O3S. The first kappa shape index (κ1) is 22.1. The van der Waals surface area contributed by atoms with E-state index >= 15 is 0 Å². The first-order chi connectivity index (χ1) is 15.2. The monoisotopic (exact) mass is 454 g/mol. The van der Waals surface area contributed by atoms with E-state index in [2.05, 4.69) is 19.9 Å². The zero-order valence-corrected chi connectivity index (χ0v) is 18.6. The summed E-state index contributed by atoms with van der Waals surface area (Å²) in [5.74, 6) is -0.807. The van der Waals surface area contributed by atoms with Crippen LogP contribution in [0.5, 0.6) is 0 Å². The van der Waals surface area contributed by atoms with Crippen molar-refractivity contribution < 1.29 is 17.6 Å². The number of ketones is 1. The van der Waals surface area contributed by atoms with Gasteiger partial charge in [-0.15, -0.1) is 0 Å². The summed E-state index contributed by atoms with van der Waals surface area (Å²) < 4.78 is 39.3. The molecule has 0 aliphatic heterocycles. The van der Waals surface area contributed by atoms with Gasteiger partial charge in [-0.25, -0.2) is 22.8 Å². The van der Waals surface area contributed by atoms with Crippen LogP contribution in [0.25, 0.3) is 11.3 Å². The molecule has 0 radical (unpaired) electrons. The highest BCUT2D eigenvalue weighted by Crippen LogP contribution is 2.31. The van der Waals surface area contributed by atoms with E-state index in [-0.39, 0.29) is 34.6 Å². The number of rotatable bonds is 8. The lowest BCUT2D eigenvalue weighted by molar-refractivity contribution is -0.123. The number of carbonyl (C=O) groups is 1. The lowest BCUT2D eigenvalue weighted by Gasteiger charge is -2.23. The van der Waals surface area contributed by atoms with Gasteiger partial charge >= 0.3 is 0 Å². The van der Waals surface area contributed by atoms with Crippen LogP contribution in [0, 0.1) is 5.82 Å². The van der Waals surface area contributed by atoms with E-state index in [1.54, 1.807) is 38.2 Å². The average Bonchev–Trinajstić information content (AvgIpc) is 3.62. The maximum Gasteiger partial charge on any atom is 0.160 e. The molecule has 0 atom stereocenters. The van der Waals surface area contributed by atoms with Crippen molar-refractivity contribution >= 4 is 15.6 Å². The van der Waals surface area contributed by atoms with E-state index in [1.165, 1.54) is 24.7 Å². The van der Waals surface area contributed by atoms with Crippen LogP contribution in [-0.2, 0) is 32.2 Å². The average molecular weight is 455 g/mol. The molecule has 1 saturated carbocycles. The molecule has 9 heteroatoms. The molecule has 3 aromatic rings. The highest BCUT2D eigenvalue weighted by atomic mass is 32.2. The van der Waals surface area contributed by atoms with Gasteiger partial charge < -0.3 is 0 Å². The van der Waals surface area contributed by atoms with Crippen LogP contribution in [-0.4, -0.2) is 39.4 Å². The molecule has 0 amide bonds. The van der Waals surface area contributed by atoms with Gasteiger partial charge in [-0.2, -0.15) is 0 Å². The molecule has 1 aliphatic rings. The molecule has 1 aromatic carbocycles.